The predicted octanol–water partition coefficient (Wildman–Crippen LogP) is 2.41. The number of halogens is 2. The minimum absolute atomic E-state index is 0.304. The maximum atomic E-state index is 5.73. The normalized spacial score (nSPS) is 9.67. The van der Waals surface area contributed by atoms with Gasteiger partial charge in [0.15, 0.2) is 0 Å². The van der Waals surface area contributed by atoms with Crippen LogP contribution in [0.2, 0.25) is 10.0 Å². The molecule has 0 bridgehead atoms. The van der Waals surface area contributed by atoms with E-state index in [0.29, 0.717) is 21.8 Å². The van der Waals surface area contributed by atoms with Crippen molar-refractivity contribution in [1.82, 2.24) is 4.98 Å². The molecule has 0 saturated heterocycles. The van der Waals surface area contributed by atoms with Crippen molar-refractivity contribution in [3.05, 3.63) is 16.1 Å². The average Bonchev–Trinajstić information content (AvgIpc) is 2.05. The van der Waals surface area contributed by atoms with Gasteiger partial charge in [0.05, 0.1) is 14.2 Å². The molecule has 1 heterocycles. The van der Waals surface area contributed by atoms with E-state index in [2.05, 4.69) is 4.98 Å². The van der Waals surface area contributed by atoms with Gasteiger partial charge in [-0.25, -0.2) is 0 Å². The maximum Gasteiger partial charge on any atom is 0.235 e. The van der Waals surface area contributed by atoms with Gasteiger partial charge in [-0.15, -0.1) is 0 Å². The quantitative estimate of drug-likeness (QED) is 0.747. The van der Waals surface area contributed by atoms with Crippen LogP contribution in [0.3, 0.4) is 0 Å². The van der Waals surface area contributed by atoms with Crippen LogP contribution in [0.5, 0.6) is 11.8 Å². The molecule has 0 aliphatic heterocycles. The van der Waals surface area contributed by atoms with Gasteiger partial charge >= 0.3 is 0 Å². The standard InChI is InChI=1S/C7H7Cl2NO2/c1-11-6-4(8)3-5(9)7(10-6)12-2/h3H,1-2H3. The SMILES string of the molecule is COc1nc(OC)c(Cl)cc1Cl. The van der Waals surface area contributed by atoms with Crippen molar-refractivity contribution in [3.63, 3.8) is 0 Å². The Bertz CT molecular complexity index is 266. The lowest BCUT2D eigenvalue weighted by molar-refractivity contribution is 0.365. The summed E-state index contributed by atoms with van der Waals surface area (Å²) in [6.45, 7) is 0. The van der Waals surface area contributed by atoms with Crippen LogP contribution in [-0.2, 0) is 0 Å². The zero-order valence-corrected chi connectivity index (χ0v) is 8.11. The lowest BCUT2D eigenvalue weighted by Crippen LogP contribution is -1.93. The highest BCUT2D eigenvalue weighted by molar-refractivity contribution is 6.36. The van der Waals surface area contributed by atoms with Crippen LogP contribution >= 0.6 is 23.2 Å². The molecule has 1 rings (SSSR count). The van der Waals surface area contributed by atoms with Gasteiger partial charge in [-0.1, -0.05) is 23.2 Å². The molecule has 0 aromatic carbocycles. The summed E-state index contributed by atoms with van der Waals surface area (Å²) >= 11 is 11.5. The maximum absolute atomic E-state index is 5.73. The molecule has 0 atom stereocenters. The summed E-state index contributed by atoms with van der Waals surface area (Å²) < 4.78 is 9.72. The molecule has 0 spiro atoms. The van der Waals surface area contributed by atoms with Gasteiger partial charge in [0.2, 0.25) is 11.8 Å². The van der Waals surface area contributed by atoms with Crippen LogP contribution in [0.4, 0.5) is 0 Å². The van der Waals surface area contributed by atoms with Crippen LogP contribution in [0.25, 0.3) is 0 Å². The number of ether oxygens (including phenoxy) is 2. The van der Waals surface area contributed by atoms with Crippen LogP contribution in [0, 0.1) is 0 Å². The monoisotopic (exact) mass is 207 g/mol. The highest BCUT2D eigenvalue weighted by Crippen LogP contribution is 2.31. The summed E-state index contributed by atoms with van der Waals surface area (Å²) in [6, 6.07) is 1.52. The molecule has 3 nitrogen and oxygen atoms in total. The number of rotatable bonds is 2. The van der Waals surface area contributed by atoms with E-state index in [1.54, 1.807) is 0 Å². The molecule has 0 aliphatic rings. The Balaban J connectivity index is 3.18. The minimum atomic E-state index is 0.304. The molecular weight excluding hydrogens is 201 g/mol. The Hall–Kier alpha value is -0.670. The lowest BCUT2D eigenvalue weighted by atomic mass is 10.4. The number of hydrogen-bond donors (Lipinski definition) is 0. The topological polar surface area (TPSA) is 31.4 Å². The molecule has 0 unspecified atom stereocenters. The van der Waals surface area contributed by atoms with Crippen molar-refractivity contribution in [1.29, 1.82) is 0 Å². The third kappa shape index (κ3) is 1.73. The van der Waals surface area contributed by atoms with Gasteiger partial charge in [0.25, 0.3) is 0 Å². The fraction of sp³-hybridized carbons (Fsp3) is 0.286. The van der Waals surface area contributed by atoms with Gasteiger partial charge in [-0.2, -0.15) is 4.98 Å². The number of nitrogens with zero attached hydrogens (tertiary/aromatic N) is 1. The van der Waals surface area contributed by atoms with Crippen molar-refractivity contribution < 1.29 is 9.47 Å². The first-order valence-electron chi connectivity index (χ1n) is 3.13. The Labute approximate surface area is 80.2 Å². The molecule has 1 aromatic rings. The number of aromatic nitrogens is 1. The van der Waals surface area contributed by atoms with Crippen LogP contribution < -0.4 is 9.47 Å². The predicted molar refractivity (Wildman–Crippen MR) is 47.4 cm³/mol. The van der Waals surface area contributed by atoms with E-state index in [9.17, 15) is 0 Å². The Morgan fingerprint density at radius 3 is 1.83 bits per heavy atom. The fourth-order valence-corrected chi connectivity index (χ4v) is 1.23. The third-order valence-corrected chi connectivity index (χ3v) is 1.79. The summed E-state index contributed by atoms with van der Waals surface area (Å²) in [5.41, 5.74) is 0. The highest BCUT2D eigenvalue weighted by Gasteiger charge is 2.08. The highest BCUT2D eigenvalue weighted by atomic mass is 35.5. The Morgan fingerprint density at radius 1 is 1.08 bits per heavy atom. The van der Waals surface area contributed by atoms with Crippen LogP contribution in [0.15, 0.2) is 6.07 Å². The van der Waals surface area contributed by atoms with Crippen LogP contribution in [-0.4, -0.2) is 19.2 Å². The molecule has 0 fully saturated rings. The van der Waals surface area contributed by atoms with Gasteiger partial charge in [0.1, 0.15) is 10.0 Å². The van der Waals surface area contributed by atoms with Gasteiger partial charge < -0.3 is 9.47 Å². The molecule has 0 radical (unpaired) electrons. The molecule has 12 heavy (non-hydrogen) atoms. The second kappa shape index (κ2) is 3.83. The van der Waals surface area contributed by atoms with Crippen LogP contribution in [0.1, 0.15) is 0 Å². The fourth-order valence-electron chi connectivity index (χ4n) is 0.720. The van der Waals surface area contributed by atoms with E-state index in [0.717, 1.165) is 0 Å². The largest absolute Gasteiger partial charge is 0.480 e. The first-order chi connectivity index (χ1) is 5.69. The van der Waals surface area contributed by atoms with E-state index in [1.807, 2.05) is 0 Å². The molecule has 0 amide bonds. The van der Waals surface area contributed by atoms with Crippen molar-refractivity contribution in [2.45, 2.75) is 0 Å². The van der Waals surface area contributed by atoms with Crippen molar-refractivity contribution in [2.24, 2.45) is 0 Å². The zero-order valence-electron chi connectivity index (χ0n) is 6.60. The number of methoxy groups -OCH3 is 2. The Kier molecular flexibility index (Phi) is 3.00. The number of pyridine rings is 1. The van der Waals surface area contributed by atoms with Crippen molar-refractivity contribution in [2.75, 3.05) is 14.2 Å². The molecular formula is C7H7Cl2NO2. The first kappa shape index (κ1) is 9.42. The van der Waals surface area contributed by atoms with Gasteiger partial charge in [-0.3, -0.25) is 0 Å². The molecule has 1 aromatic heterocycles. The van der Waals surface area contributed by atoms with Gasteiger partial charge in [-0.05, 0) is 6.07 Å². The second-order valence-corrected chi connectivity index (χ2v) is 2.78. The average molecular weight is 208 g/mol. The molecule has 0 N–H and O–H groups in total. The number of hydrogen-bond acceptors (Lipinski definition) is 3. The van der Waals surface area contributed by atoms with Crippen molar-refractivity contribution in [3.8, 4) is 11.8 Å². The second-order valence-electron chi connectivity index (χ2n) is 1.97. The zero-order chi connectivity index (χ0) is 9.14. The van der Waals surface area contributed by atoms with E-state index >= 15 is 0 Å². The lowest BCUT2D eigenvalue weighted by Gasteiger charge is -2.05. The van der Waals surface area contributed by atoms with E-state index < -0.39 is 0 Å². The molecule has 0 saturated carbocycles. The molecule has 0 aliphatic carbocycles. The first-order valence-corrected chi connectivity index (χ1v) is 3.88. The third-order valence-electron chi connectivity index (χ3n) is 1.25. The Morgan fingerprint density at radius 2 is 1.50 bits per heavy atom. The molecule has 66 valence electrons. The molecule has 5 heteroatoms. The van der Waals surface area contributed by atoms with Crippen molar-refractivity contribution >= 4 is 23.2 Å². The minimum Gasteiger partial charge on any atom is -0.480 e. The smallest absolute Gasteiger partial charge is 0.235 e. The van der Waals surface area contributed by atoms with Gasteiger partial charge in [0, 0.05) is 0 Å². The van der Waals surface area contributed by atoms with E-state index in [1.165, 1.54) is 20.3 Å². The summed E-state index contributed by atoms with van der Waals surface area (Å²) in [7, 11) is 2.95. The summed E-state index contributed by atoms with van der Waals surface area (Å²) in [6.07, 6.45) is 0. The summed E-state index contributed by atoms with van der Waals surface area (Å²) in [5.74, 6) is 0.607. The van der Waals surface area contributed by atoms with E-state index in [-0.39, 0.29) is 0 Å². The summed E-state index contributed by atoms with van der Waals surface area (Å²) in [5, 5.41) is 0.728. The van der Waals surface area contributed by atoms with E-state index in [4.69, 9.17) is 32.7 Å². The summed E-state index contributed by atoms with van der Waals surface area (Å²) in [4.78, 5) is 3.90.